The number of benzene rings is 2. The maximum Gasteiger partial charge on any atom is 0.419 e. The van der Waals surface area contributed by atoms with Gasteiger partial charge in [0.05, 0.1) is 18.5 Å². The molecule has 2 aromatic carbocycles. The van der Waals surface area contributed by atoms with Crippen LogP contribution in [0.25, 0.3) is 0 Å². The zero-order valence-corrected chi connectivity index (χ0v) is 18.7. The average molecular weight is 501 g/mol. The summed E-state index contributed by atoms with van der Waals surface area (Å²) in [6.07, 6.45) is -2.17. The number of halogens is 5. The van der Waals surface area contributed by atoms with Crippen molar-refractivity contribution in [3.8, 4) is 5.75 Å². The molecular formula is C22H20F5N3O3S. The van der Waals surface area contributed by atoms with Gasteiger partial charge in [-0.2, -0.15) is 17.5 Å². The third-order valence-electron chi connectivity index (χ3n) is 5.70. The van der Waals surface area contributed by atoms with E-state index >= 15 is 0 Å². The summed E-state index contributed by atoms with van der Waals surface area (Å²) in [7, 11) is -2.31. The lowest BCUT2D eigenvalue weighted by Crippen LogP contribution is -2.30. The molecule has 0 N–H and O–H groups in total. The monoisotopic (exact) mass is 501 g/mol. The van der Waals surface area contributed by atoms with Crippen molar-refractivity contribution in [3.05, 3.63) is 77.8 Å². The number of ether oxygens (including phenoxy) is 1. The van der Waals surface area contributed by atoms with E-state index in [2.05, 4.69) is 4.98 Å². The van der Waals surface area contributed by atoms with Crippen molar-refractivity contribution in [2.45, 2.75) is 17.1 Å². The maximum atomic E-state index is 13.6. The van der Waals surface area contributed by atoms with Gasteiger partial charge < -0.3 is 9.30 Å². The second kappa shape index (κ2) is 8.99. The number of alkyl halides is 3. The number of hydrogen-bond acceptors (Lipinski definition) is 4. The summed E-state index contributed by atoms with van der Waals surface area (Å²) < 4.78 is 100. The van der Waals surface area contributed by atoms with Gasteiger partial charge in [0.25, 0.3) is 10.0 Å². The fourth-order valence-electron chi connectivity index (χ4n) is 3.95. The van der Waals surface area contributed by atoms with E-state index in [-0.39, 0.29) is 30.5 Å². The molecule has 34 heavy (non-hydrogen) atoms. The number of hydrogen-bond donors (Lipinski definition) is 0. The van der Waals surface area contributed by atoms with Crippen molar-refractivity contribution in [3.63, 3.8) is 0 Å². The SMILES string of the molecule is Cn1cnc(S(=O)(=O)N2C[C@@H](COc3ccc(F)c(C(F)(F)F)c3)[C@H](c3ccc(F)cc3)C2)c1. The number of nitrogens with zero attached hydrogens (tertiary/aromatic N) is 3. The molecule has 2 atom stereocenters. The summed E-state index contributed by atoms with van der Waals surface area (Å²) in [6, 6.07) is 7.88. The van der Waals surface area contributed by atoms with Crippen LogP contribution in [-0.2, 0) is 23.2 Å². The zero-order chi connectivity index (χ0) is 24.7. The van der Waals surface area contributed by atoms with Gasteiger partial charge in [-0.15, -0.1) is 0 Å². The summed E-state index contributed by atoms with van der Waals surface area (Å²) in [5.74, 6) is -2.96. The highest BCUT2D eigenvalue weighted by Gasteiger charge is 2.41. The van der Waals surface area contributed by atoms with Gasteiger partial charge >= 0.3 is 6.18 Å². The van der Waals surface area contributed by atoms with Crippen LogP contribution in [0.15, 0.2) is 60.0 Å². The highest BCUT2D eigenvalue weighted by molar-refractivity contribution is 7.89. The van der Waals surface area contributed by atoms with Gasteiger partial charge in [0.2, 0.25) is 0 Å². The molecule has 2 heterocycles. The molecule has 0 unspecified atom stereocenters. The third kappa shape index (κ3) is 4.92. The molecule has 182 valence electrons. The first kappa shape index (κ1) is 24.1. The van der Waals surface area contributed by atoms with E-state index < -0.39 is 45.2 Å². The minimum atomic E-state index is -4.89. The lowest BCUT2D eigenvalue weighted by atomic mass is 9.89. The fourth-order valence-corrected chi connectivity index (χ4v) is 5.44. The summed E-state index contributed by atoms with van der Waals surface area (Å²) in [5, 5.41) is -0.136. The van der Waals surface area contributed by atoms with Gasteiger partial charge in [0, 0.05) is 38.2 Å². The predicted molar refractivity (Wildman–Crippen MR) is 111 cm³/mol. The Morgan fingerprint density at radius 1 is 1.09 bits per heavy atom. The minimum absolute atomic E-state index is 0.00821. The molecule has 1 fully saturated rings. The highest BCUT2D eigenvalue weighted by atomic mass is 32.2. The predicted octanol–water partition coefficient (Wildman–Crippen LogP) is 4.20. The van der Waals surface area contributed by atoms with Crippen molar-refractivity contribution < 1.29 is 35.1 Å². The highest BCUT2D eigenvalue weighted by Crippen LogP contribution is 2.37. The van der Waals surface area contributed by atoms with Crippen molar-refractivity contribution in [1.29, 1.82) is 0 Å². The van der Waals surface area contributed by atoms with Crippen LogP contribution in [0.1, 0.15) is 17.0 Å². The molecule has 1 aromatic heterocycles. The Morgan fingerprint density at radius 2 is 1.79 bits per heavy atom. The number of sulfonamides is 1. The Labute approximate surface area is 192 Å². The van der Waals surface area contributed by atoms with E-state index in [9.17, 15) is 30.4 Å². The van der Waals surface area contributed by atoms with Crippen molar-refractivity contribution in [2.75, 3.05) is 19.7 Å². The van der Waals surface area contributed by atoms with Gasteiger partial charge in [-0.05, 0) is 35.9 Å². The van der Waals surface area contributed by atoms with Gasteiger partial charge in [-0.25, -0.2) is 22.2 Å². The summed E-state index contributed by atoms with van der Waals surface area (Å²) in [4.78, 5) is 3.91. The molecular weight excluding hydrogens is 481 g/mol. The molecule has 0 radical (unpaired) electrons. The van der Waals surface area contributed by atoms with Crippen LogP contribution in [0.2, 0.25) is 0 Å². The Hall–Kier alpha value is -2.99. The van der Waals surface area contributed by atoms with Crippen LogP contribution in [0, 0.1) is 17.6 Å². The van der Waals surface area contributed by atoms with Crippen molar-refractivity contribution >= 4 is 10.0 Å². The minimum Gasteiger partial charge on any atom is -0.493 e. The van der Waals surface area contributed by atoms with Crippen LogP contribution >= 0.6 is 0 Å². The fraction of sp³-hybridized carbons (Fsp3) is 0.318. The zero-order valence-electron chi connectivity index (χ0n) is 17.8. The first-order chi connectivity index (χ1) is 15.9. The number of imidazole rings is 1. The summed E-state index contributed by atoms with van der Waals surface area (Å²) >= 11 is 0. The van der Waals surface area contributed by atoms with Crippen LogP contribution in [0.4, 0.5) is 22.0 Å². The summed E-state index contributed by atoms with van der Waals surface area (Å²) in [5.41, 5.74) is -0.797. The van der Waals surface area contributed by atoms with Gasteiger partial charge in [0.1, 0.15) is 17.4 Å². The molecule has 1 aliphatic rings. The lowest BCUT2D eigenvalue weighted by molar-refractivity contribution is -0.140. The number of aromatic nitrogens is 2. The molecule has 0 spiro atoms. The molecule has 1 saturated heterocycles. The molecule has 0 bridgehead atoms. The smallest absolute Gasteiger partial charge is 0.419 e. The van der Waals surface area contributed by atoms with E-state index in [0.717, 1.165) is 6.07 Å². The molecule has 4 rings (SSSR count). The first-order valence-electron chi connectivity index (χ1n) is 10.2. The Kier molecular flexibility index (Phi) is 6.38. The quantitative estimate of drug-likeness (QED) is 0.475. The van der Waals surface area contributed by atoms with Crippen LogP contribution in [-0.4, -0.2) is 42.0 Å². The standard InChI is InChI=1S/C22H20F5N3O3S/c1-29-11-21(28-13-29)34(31,32)30-9-15(18(10-30)14-2-4-16(23)5-3-14)12-33-17-6-7-20(24)19(8-17)22(25,26)27/h2-8,11,13,15,18H,9-10,12H2,1H3/t15-,18-/m0/s1. The first-order valence-corrected chi connectivity index (χ1v) is 11.6. The average Bonchev–Trinajstić information content (AvgIpc) is 3.40. The molecule has 0 saturated carbocycles. The Balaban J connectivity index is 1.59. The van der Waals surface area contributed by atoms with Gasteiger partial charge in [-0.1, -0.05) is 12.1 Å². The molecule has 6 nitrogen and oxygen atoms in total. The van der Waals surface area contributed by atoms with Crippen molar-refractivity contribution in [1.82, 2.24) is 13.9 Å². The van der Waals surface area contributed by atoms with Crippen molar-refractivity contribution in [2.24, 2.45) is 13.0 Å². The number of aryl methyl sites for hydroxylation is 1. The number of rotatable bonds is 6. The van der Waals surface area contributed by atoms with E-state index in [1.807, 2.05) is 0 Å². The Bertz CT molecular complexity index is 1280. The second-order valence-electron chi connectivity index (χ2n) is 8.07. The van der Waals surface area contributed by atoms with Crippen LogP contribution < -0.4 is 4.74 Å². The Morgan fingerprint density at radius 3 is 2.41 bits per heavy atom. The van der Waals surface area contributed by atoms with E-state index in [4.69, 9.17) is 4.74 Å². The van der Waals surface area contributed by atoms with Crippen LogP contribution in [0.5, 0.6) is 5.75 Å². The molecule has 0 amide bonds. The topological polar surface area (TPSA) is 64.4 Å². The molecule has 1 aliphatic heterocycles. The normalized spacial score (nSPS) is 19.5. The maximum absolute atomic E-state index is 13.6. The second-order valence-corrected chi connectivity index (χ2v) is 9.95. The largest absolute Gasteiger partial charge is 0.493 e. The van der Waals surface area contributed by atoms with E-state index in [1.165, 1.54) is 45.7 Å². The molecule has 3 aromatic rings. The molecule has 12 heteroatoms. The van der Waals surface area contributed by atoms with E-state index in [1.54, 1.807) is 7.05 Å². The van der Waals surface area contributed by atoms with Gasteiger partial charge in [-0.3, -0.25) is 0 Å². The van der Waals surface area contributed by atoms with Gasteiger partial charge in [0.15, 0.2) is 5.03 Å². The van der Waals surface area contributed by atoms with Crippen LogP contribution in [0.3, 0.4) is 0 Å². The third-order valence-corrected chi connectivity index (χ3v) is 7.42. The summed E-state index contributed by atoms with van der Waals surface area (Å²) in [6.45, 7) is -0.0801. The van der Waals surface area contributed by atoms with E-state index in [0.29, 0.717) is 17.7 Å². The lowest BCUT2D eigenvalue weighted by Gasteiger charge is -2.20. The molecule has 0 aliphatic carbocycles.